The zero-order valence-corrected chi connectivity index (χ0v) is 19.9. The van der Waals surface area contributed by atoms with Crippen molar-refractivity contribution in [2.45, 2.75) is 31.5 Å². The monoisotopic (exact) mass is 535 g/mol. The third-order valence-electron chi connectivity index (χ3n) is 4.73. The van der Waals surface area contributed by atoms with E-state index >= 15 is 0 Å². The summed E-state index contributed by atoms with van der Waals surface area (Å²) in [6.07, 6.45) is -6.66. The molecule has 1 aromatic heterocycles. The van der Waals surface area contributed by atoms with Crippen LogP contribution in [0.4, 0.5) is 10.5 Å². The predicted octanol–water partition coefficient (Wildman–Crippen LogP) is 0.751. The van der Waals surface area contributed by atoms with Gasteiger partial charge in [-0.3, -0.25) is 28.8 Å². The van der Waals surface area contributed by atoms with E-state index in [2.05, 4.69) is 9.63 Å². The summed E-state index contributed by atoms with van der Waals surface area (Å²) < 4.78 is 44.3. The minimum absolute atomic E-state index is 0.360. The van der Waals surface area contributed by atoms with Crippen molar-refractivity contribution in [3.05, 3.63) is 63.4 Å². The Morgan fingerprint density at radius 3 is 2.51 bits per heavy atom. The van der Waals surface area contributed by atoms with Crippen LogP contribution in [0.5, 0.6) is 0 Å². The summed E-state index contributed by atoms with van der Waals surface area (Å²) in [6.45, 7) is 0.394. The number of phosphoric acid groups is 1. The van der Waals surface area contributed by atoms with E-state index in [9.17, 15) is 38.4 Å². The summed E-state index contributed by atoms with van der Waals surface area (Å²) in [5, 5.41) is 13.2. The molecule has 0 radical (unpaired) electrons. The summed E-state index contributed by atoms with van der Waals surface area (Å²) in [6, 6.07) is 9.11. The minimum Gasteiger partial charge on any atom is -0.440 e. The number of hydrogen-bond acceptors (Lipinski definition) is 10. The van der Waals surface area contributed by atoms with E-state index in [4.69, 9.17) is 14.0 Å². The van der Waals surface area contributed by atoms with E-state index in [1.807, 2.05) is 4.98 Å². The van der Waals surface area contributed by atoms with E-state index in [1.54, 1.807) is 30.3 Å². The van der Waals surface area contributed by atoms with Crippen molar-refractivity contribution in [1.29, 1.82) is 0 Å². The van der Waals surface area contributed by atoms with Gasteiger partial charge in [-0.2, -0.15) is 0 Å². The van der Waals surface area contributed by atoms with Gasteiger partial charge in [-0.05, 0) is 12.1 Å². The molecule has 1 saturated heterocycles. The number of aromatic nitrogens is 2. The SMILES string of the molecule is CCP(=O)(O)OP(=O)(O)OCC1OC(n2ccc(=O)[nH]c2=O)C(O)C1OC(=O)Nc1ccccc1. The number of amides is 1. The van der Waals surface area contributed by atoms with E-state index in [0.29, 0.717) is 5.69 Å². The molecule has 6 unspecified atom stereocenters. The molecule has 1 fully saturated rings. The number of anilines is 1. The first-order valence-corrected chi connectivity index (χ1v) is 13.3. The van der Waals surface area contributed by atoms with Crippen LogP contribution < -0.4 is 16.6 Å². The van der Waals surface area contributed by atoms with Crippen LogP contribution in [-0.2, 0) is 27.4 Å². The zero-order chi connectivity index (χ0) is 25.8. The van der Waals surface area contributed by atoms with Crippen LogP contribution in [-0.4, -0.2) is 61.6 Å². The van der Waals surface area contributed by atoms with Gasteiger partial charge in [0.25, 0.3) is 5.56 Å². The zero-order valence-electron chi connectivity index (χ0n) is 18.1. The van der Waals surface area contributed by atoms with Gasteiger partial charge in [-0.25, -0.2) is 18.5 Å². The number of aliphatic hydroxyl groups is 1. The lowest BCUT2D eigenvalue weighted by Gasteiger charge is -2.22. The Morgan fingerprint density at radius 2 is 1.89 bits per heavy atom. The molecule has 1 aliphatic heterocycles. The molecule has 6 atom stereocenters. The Kier molecular flexibility index (Phi) is 8.46. The van der Waals surface area contributed by atoms with Gasteiger partial charge in [-0.1, -0.05) is 25.1 Å². The highest BCUT2D eigenvalue weighted by molar-refractivity contribution is 7.63. The van der Waals surface area contributed by atoms with Crippen LogP contribution in [0.1, 0.15) is 13.2 Å². The van der Waals surface area contributed by atoms with Crippen molar-refractivity contribution in [2.75, 3.05) is 18.1 Å². The largest absolute Gasteiger partial charge is 0.479 e. The number of H-pyrrole nitrogens is 1. The summed E-state index contributed by atoms with van der Waals surface area (Å²) in [4.78, 5) is 57.1. The number of para-hydroxylation sites is 1. The highest BCUT2D eigenvalue weighted by Crippen LogP contribution is 2.59. The van der Waals surface area contributed by atoms with Crippen LogP contribution in [0.15, 0.2) is 52.2 Å². The Labute approximate surface area is 197 Å². The van der Waals surface area contributed by atoms with Gasteiger partial charge in [0.15, 0.2) is 12.3 Å². The Bertz CT molecular complexity index is 1250. The van der Waals surface area contributed by atoms with E-state index in [1.165, 1.54) is 6.92 Å². The third-order valence-corrected chi connectivity index (χ3v) is 7.85. The number of nitrogens with zero attached hydrogens (tertiary/aromatic N) is 1. The highest BCUT2D eigenvalue weighted by Gasteiger charge is 2.49. The van der Waals surface area contributed by atoms with Gasteiger partial charge in [-0.15, -0.1) is 0 Å². The first-order valence-electron chi connectivity index (χ1n) is 10.1. The molecule has 5 N–H and O–H groups in total. The Hall–Kier alpha value is -2.61. The third kappa shape index (κ3) is 7.19. The number of aliphatic hydroxyl groups excluding tert-OH is 1. The molecule has 3 rings (SSSR count). The number of ether oxygens (including phenoxy) is 2. The molecule has 35 heavy (non-hydrogen) atoms. The molecule has 0 saturated carbocycles. The molecular weight excluding hydrogens is 512 g/mol. The molecule has 1 aromatic carbocycles. The number of rotatable bonds is 9. The van der Waals surface area contributed by atoms with Gasteiger partial charge in [0.1, 0.15) is 12.2 Å². The van der Waals surface area contributed by atoms with Crippen molar-refractivity contribution in [1.82, 2.24) is 9.55 Å². The van der Waals surface area contributed by atoms with Gasteiger partial charge >= 0.3 is 27.2 Å². The number of carbonyl (C=O) groups excluding carboxylic acids is 1. The first-order chi connectivity index (χ1) is 16.4. The van der Waals surface area contributed by atoms with E-state index in [0.717, 1.165) is 16.8 Å². The maximum absolute atomic E-state index is 12.4. The quantitative estimate of drug-likeness (QED) is 0.281. The molecule has 1 aliphatic rings. The first kappa shape index (κ1) is 27.0. The number of phosphoric ester groups is 1. The van der Waals surface area contributed by atoms with Crippen molar-refractivity contribution < 1.29 is 47.1 Å². The lowest BCUT2D eigenvalue weighted by Crippen LogP contribution is -2.40. The maximum Gasteiger partial charge on any atom is 0.479 e. The van der Waals surface area contributed by atoms with Gasteiger partial charge in [0.05, 0.1) is 6.61 Å². The molecule has 17 heteroatoms. The molecule has 15 nitrogen and oxygen atoms in total. The molecule has 0 aliphatic carbocycles. The van der Waals surface area contributed by atoms with Gasteiger partial charge in [0, 0.05) is 24.1 Å². The molecule has 192 valence electrons. The maximum atomic E-state index is 12.4. The van der Waals surface area contributed by atoms with Gasteiger partial charge < -0.3 is 24.4 Å². The van der Waals surface area contributed by atoms with Crippen LogP contribution in [0, 0.1) is 0 Å². The van der Waals surface area contributed by atoms with Crippen molar-refractivity contribution in [3.8, 4) is 0 Å². The number of benzene rings is 1. The topological polar surface area (TPSA) is 216 Å². The second-order valence-electron chi connectivity index (χ2n) is 7.23. The normalized spacial score (nSPS) is 25.4. The highest BCUT2D eigenvalue weighted by atomic mass is 31.3. The fraction of sp³-hybridized carbons (Fsp3) is 0.389. The lowest BCUT2D eigenvalue weighted by atomic mass is 10.1. The van der Waals surface area contributed by atoms with Crippen LogP contribution in [0.2, 0.25) is 0 Å². The average molecular weight is 535 g/mol. The molecule has 2 aromatic rings. The van der Waals surface area contributed by atoms with Crippen LogP contribution in [0.25, 0.3) is 0 Å². The number of nitrogens with one attached hydrogen (secondary N) is 2. The fourth-order valence-electron chi connectivity index (χ4n) is 3.06. The van der Waals surface area contributed by atoms with Crippen molar-refractivity contribution in [3.63, 3.8) is 0 Å². The lowest BCUT2D eigenvalue weighted by molar-refractivity contribution is -0.0543. The number of aromatic amines is 1. The molecule has 0 bridgehead atoms. The van der Waals surface area contributed by atoms with E-state index < -0.39 is 70.1 Å². The Balaban J connectivity index is 1.80. The summed E-state index contributed by atoms with van der Waals surface area (Å²) in [5.41, 5.74) is -1.30. The van der Waals surface area contributed by atoms with Crippen molar-refractivity contribution in [2.24, 2.45) is 0 Å². The number of carbonyl (C=O) groups is 1. The second kappa shape index (κ2) is 11.0. The molecule has 0 spiro atoms. The predicted molar refractivity (Wildman–Crippen MR) is 119 cm³/mol. The second-order valence-corrected chi connectivity index (χ2v) is 11.0. The van der Waals surface area contributed by atoms with Crippen LogP contribution >= 0.6 is 15.4 Å². The van der Waals surface area contributed by atoms with E-state index in [-0.39, 0.29) is 0 Å². The molecule has 2 heterocycles. The van der Waals surface area contributed by atoms with Gasteiger partial charge in [0.2, 0.25) is 0 Å². The summed E-state index contributed by atoms with van der Waals surface area (Å²) in [7, 11) is -9.49. The summed E-state index contributed by atoms with van der Waals surface area (Å²) in [5.74, 6) is 0. The number of hydrogen-bond donors (Lipinski definition) is 5. The standard InChI is InChI=1S/C18H23N3O12P2/c1-2-34(26,27)33-35(28,29)30-10-12-15(32-18(25)19-11-6-4-3-5-7-11)14(23)16(31-12)21-9-8-13(22)20-17(21)24/h3-9,12,14-16,23H,2,10H2,1H3,(H,19,25)(H,26,27)(H,28,29)(H,20,22,24). The molecular formula is C18H23N3O12P2. The average Bonchev–Trinajstić information content (AvgIpc) is 3.07. The summed E-state index contributed by atoms with van der Waals surface area (Å²) >= 11 is 0. The Morgan fingerprint density at radius 1 is 1.20 bits per heavy atom. The minimum atomic E-state index is -5.07. The fourth-order valence-corrected chi connectivity index (χ4v) is 5.33. The van der Waals surface area contributed by atoms with Crippen LogP contribution in [0.3, 0.4) is 0 Å². The van der Waals surface area contributed by atoms with Crippen molar-refractivity contribution >= 4 is 27.2 Å². The smallest absolute Gasteiger partial charge is 0.440 e. The molecule has 1 amide bonds.